The third kappa shape index (κ3) is 2.45. The third-order valence-corrected chi connectivity index (χ3v) is 5.14. The Labute approximate surface area is 113 Å². The van der Waals surface area contributed by atoms with E-state index >= 15 is 0 Å². The number of Topliss-reactive ketones (excluding diaryl/α,β-unsaturated/α-hetero) is 1. The molecule has 0 aliphatic heterocycles. The van der Waals surface area contributed by atoms with Crippen molar-refractivity contribution in [3.05, 3.63) is 20.8 Å². The molecule has 17 heavy (non-hydrogen) atoms. The van der Waals surface area contributed by atoms with E-state index in [1.807, 2.05) is 12.1 Å². The standard InChI is InChI=1S/C12H14BrNO2S/c13-10-5-4-9(17-10)12(7-11(14)16)6-2-1-3-8(12)15/h4-5H,1-3,6-7H2,(H2,14,16)/t12-/m1/s1. The van der Waals surface area contributed by atoms with E-state index in [4.69, 9.17) is 5.73 Å². The number of carbonyl (C=O) groups is 2. The first-order valence-corrected chi connectivity index (χ1v) is 7.23. The number of amides is 1. The molecule has 1 fully saturated rings. The van der Waals surface area contributed by atoms with Gasteiger partial charge in [-0.15, -0.1) is 11.3 Å². The Balaban J connectivity index is 2.41. The molecule has 0 saturated heterocycles. The first-order chi connectivity index (χ1) is 8.04. The Morgan fingerprint density at radius 3 is 2.76 bits per heavy atom. The Kier molecular flexibility index (Phi) is 3.68. The van der Waals surface area contributed by atoms with Crippen LogP contribution >= 0.6 is 27.3 Å². The Bertz CT molecular complexity index is 457. The molecule has 92 valence electrons. The SMILES string of the molecule is NC(=O)C[C@]1(c2ccc(Br)s2)CCCCC1=O. The summed E-state index contributed by atoms with van der Waals surface area (Å²) in [6.07, 6.45) is 3.34. The van der Waals surface area contributed by atoms with Crippen LogP contribution in [0.25, 0.3) is 0 Å². The van der Waals surface area contributed by atoms with Gasteiger partial charge in [-0.3, -0.25) is 9.59 Å². The maximum absolute atomic E-state index is 12.2. The highest BCUT2D eigenvalue weighted by molar-refractivity contribution is 9.11. The van der Waals surface area contributed by atoms with Crippen molar-refractivity contribution in [3.8, 4) is 0 Å². The molecule has 1 amide bonds. The van der Waals surface area contributed by atoms with E-state index in [1.165, 1.54) is 11.3 Å². The van der Waals surface area contributed by atoms with Crippen molar-refractivity contribution < 1.29 is 9.59 Å². The molecule has 1 heterocycles. The highest BCUT2D eigenvalue weighted by Crippen LogP contribution is 2.43. The molecule has 5 heteroatoms. The van der Waals surface area contributed by atoms with Crippen molar-refractivity contribution in [2.75, 3.05) is 0 Å². The molecule has 1 saturated carbocycles. The molecular weight excluding hydrogens is 302 g/mol. The highest BCUT2D eigenvalue weighted by atomic mass is 79.9. The van der Waals surface area contributed by atoms with Crippen LogP contribution in [0.2, 0.25) is 0 Å². The van der Waals surface area contributed by atoms with Gasteiger partial charge in [0.15, 0.2) is 0 Å². The summed E-state index contributed by atoms with van der Waals surface area (Å²) in [5.74, 6) is -0.235. The van der Waals surface area contributed by atoms with Gasteiger partial charge in [0, 0.05) is 17.7 Å². The Morgan fingerprint density at radius 1 is 1.47 bits per heavy atom. The molecule has 1 aromatic rings. The van der Waals surface area contributed by atoms with Crippen molar-refractivity contribution in [1.82, 2.24) is 0 Å². The minimum atomic E-state index is -0.652. The van der Waals surface area contributed by atoms with Crippen LogP contribution in [0.15, 0.2) is 15.9 Å². The van der Waals surface area contributed by atoms with Gasteiger partial charge in [-0.05, 0) is 40.9 Å². The first-order valence-electron chi connectivity index (χ1n) is 5.62. The molecule has 0 bridgehead atoms. The number of primary amides is 1. The van der Waals surface area contributed by atoms with Gasteiger partial charge in [-0.2, -0.15) is 0 Å². The predicted molar refractivity (Wildman–Crippen MR) is 71.0 cm³/mol. The summed E-state index contributed by atoms with van der Waals surface area (Å²) in [4.78, 5) is 24.5. The predicted octanol–water partition coefficient (Wildman–Crippen LogP) is 2.77. The van der Waals surface area contributed by atoms with Crippen molar-refractivity contribution in [1.29, 1.82) is 0 Å². The molecule has 0 aromatic carbocycles. The van der Waals surface area contributed by atoms with Crippen LogP contribution < -0.4 is 5.73 Å². The lowest BCUT2D eigenvalue weighted by Crippen LogP contribution is -2.41. The molecule has 3 nitrogen and oxygen atoms in total. The maximum Gasteiger partial charge on any atom is 0.218 e. The molecule has 2 rings (SSSR count). The highest BCUT2D eigenvalue weighted by Gasteiger charge is 2.43. The largest absolute Gasteiger partial charge is 0.370 e. The van der Waals surface area contributed by atoms with E-state index in [9.17, 15) is 9.59 Å². The van der Waals surface area contributed by atoms with Crippen molar-refractivity contribution in [2.24, 2.45) is 5.73 Å². The smallest absolute Gasteiger partial charge is 0.218 e. The van der Waals surface area contributed by atoms with Crippen LogP contribution in [0.3, 0.4) is 0 Å². The van der Waals surface area contributed by atoms with Crippen molar-refractivity contribution in [3.63, 3.8) is 0 Å². The van der Waals surface area contributed by atoms with Gasteiger partial charge in [-0.1, -0.05) is 6.42 Å². The number of ketones is 1. The summed E-state index contributed by atoms with van der Waals surface area (Å²) >= 11 is 4.93. The average molecular weight is 316 g/mol. The second-order valence-corrected chi connectivity index (χ2v) is 6.92. The fourth-order valence-electron chi connectivity index (χ4n) is 2.49. The summed E-state index contributed by atoms with van der Waals surface area (Å²) in [5.41, 5.74) is 4.66. The number of carbonyl (C=O) groups excluding carboxylic acids is 2. The van der Waals surface area contributed by atoms with E-state index in [0.717, 1.165) is 27.9 Å². The number of rotatable bonds is 3. The average Bonchev–Trinajstić information content (AvgIpc) is 2.68. The van der Waals surface area contributed by atoms with E-state index in [2.05, 4.69) is 15.9 Å². The first kappa shape index (κ1) is 12.8. The van der Waals surface area contributed by atoms with Gasteiger partial charge in [0.2, 0.25) is 5.91 Å². The molecule has 0 radical (unpaired) electrons. The maximum atomic E-state index is 12.2. The zero-order valence-electron chi connectivity index (χ0n) is 9.37. The van der Waals surface area contributed by atoms with Crippen molar-refractivity contribution in [2.45, 2.75) is 37.5 Å². The fourth-order valence-corrected chi connectivity index (χ4v) is 4.12. The lowest BCUT2D eigenvalue weighted by Gasteiger charge is -2.34. The summed E-state index contributed by atoms with van der Waals surface area (Å²) < 4.78 is 0.981. The second kappa shape index (κ2) is 4.90. The van der Waals surface area contributed by atoms with Gasteiger partial charge in [-0.25, -0.2) is 0 Å². The number of nitrogens with two attached hydrogens (primary N) is 1. The monoisotopic (exact) mass is 315 g/mol. The van der Waals surface area contributed by atoms with Crippen LogP contribution in [-0.2, 0) is 15.0 Å². The third-order valence-electron chi connectivity index (χ3n) is 3.31. The van der Waals surface area contributed by atoms with Gasteiger partial charge in [0.25, 0.3) is 0 Å². The molecule has 0 unspecified atom stereocenters. The molecule has 0 spiro atoms. The number of hydrogen-bond acceptors (Lipinski definition) is 3. The summed E-state index contributed by atoms with van der Waals surface area (Å²) in [7, 11) is 0. The molecule has 1 aliphatic carbocycles. The second-order valence-electron chi connectivity index (χ2n) is 4.46. The van der Waals surface area contributed by atoms with Crippen LogP contribution in [0.1, 0.15) is 37.0 Å². The molecule has 1 atom stereocenters. The van der Waals surface area contributed by atoms with Crippen LogP contribution in [0.5, 0.6) is 0 Å². The minimum absolute atomic E-state index is 0.138. The van der Waals surface area contributed by atoms with Gasteiger partial charge in [0.05, 0.1) is 9.20 Å². The topological polar surface area (TPSA) is 60.2 Å². The van der Waals surface area contributed by atoms with E-state index in [-0.39, 0.29) is 12.2 Å². The minimum Gasteiger partial charge on any atom is -0.370 e. The summed E-state index contributed by atoms with van der Waals surface area (Å²) in [6.45, 7) is 0. The fraction of sp³-hybridized carbons (Fsp3) is 0.500. The van der Waals surface area contributed by atoms with E-state index in [0.29, 0.717) is 6.42 Å². The van der Waals surface area contributed by atoms with Gasteiger partial charge < -0.3 is 5.73 Å². The molecule has 2 N–H and O–H groups in total. The normalized spacial score (nSPS) is 24.9. The molecular formula is C12H14BrNO2S. The van der Waals surface area contributed by atoms with Crippen LogP contribution in [0, 0.1) is 0 Å². The summed E-state index contributed by atoms with van der Waals surface area (Å²) in [6, 6.07) is 3.85. The zero-order valence-corrected chi connectivity index (χ0v) is 11.8. The molecule has 1 aromatic heterocycles. The number of hydrogen-bond donors (Lipinski definition) is 1. The number of thiophene rings is 1. The van der Waals surface area contributed by atoms with Gasteiger partial charge >= 0.3 is 0 Å². The lowest BCUT2D eigenvalue weighted by molar-refractivity contribution is -0.131. The summed E-state index contributed by atoms with van der Waals surface area (Å²) in [5, 5.41) is 0. The van der Waals surface area contributed by atoms with Crippen LogP contribution in [-0.4, -0.2) is 11.7 Å². The van der Waals surface area contributed by atoms with E-state index < -0.39 is 11.3 Å². The van der Waals surface area contributed by atoms with E-state index in [1.54, 1.807) is 0 Å². The quantitative estimate of drug-likeness (QED) is 0.932. The lowest BCUT2D eigenvalue weighted by atomic mass is 9.69. The zero-order chi connectivity index (χ0) is 12.5. The van der Waals surface area contributed by atoms with Crippen molar-refractivity contribution >= 4 is 39.0 Å². The number of halogens is 1. The molecule has 1 aliphatic rings. The Morgan fingerprint density at radius 2 is 2.24 bits per heavy atom. The Hall–Kier alpha value is -0.680. The van der Waals surface area contributed by atoms with Crippen LogP contribution in [0.4, 0.5) is 0 Å². The van der Waals surface area contributed by atoms with Gasteiger partial charge in [0.1, 0.15) is 5.78 Å².